The van der Waals surface area contributed by atoms with E-state index in [1.54, 1.807) is 51.5 Å². The van der Waals surface area contributed by atoms with Crippen LogP contribution < -0.4 is 20.1 Å². The molecule has 1 atom stereocenters. The number of para-hydroxylation sites is 1. The van der Waals surface area contributed by atoms with Gasteiger partial charge in [0.15, 0.2) is 0 Å². The minimum atomic E-state index is -0.478. The second-order valence-electron chi connectivity index (χ2n) is 4.90. The standard InChI is InChI=1S/C17H19ClN2O3/c1-11(17(21)20-14-7-5-4-6-13(14)18)19-15-9-8-12(22-2)10-16(15)23-3/h4-11,19H,1-3H3,(H,20,21). The molecule has 0 aliphatic carbocycles. The fraction of sp³-hybridized carbons (Fsp3) is 0.235. The largest absolute Gasteiger partial charge is 0.497 e. The van der Waals surface area contributed by atoms with E-state index in [0.717, 1.165) is 0 Å². The van der Waals surface area contributed by atoms with Gasteiger partial charge >= 0.3 is 0 Å². The van der Waals surface area contributed by atoms with Gasteiger partial charge in [-0.3, -0.25) is 4.79 Å². The van der Waals surface area contributed by atoms with Crippen LogP contribution in [0.1, 0.15) is 6.92 Å². The maximum absolute atomic E-state index is 12.3. The molecular formula is C17H19ClN2O3. The number of anilines is 2. The molecule has 122 valence electrons. The zero-order valence-electron chi connectivity index (χ0n) is 13.2. The number of hydrogen-bond acceptors (Lipinski definition) is 4. The first-order valence-electron chi connectivity index (χ1n) is 7.09. The highest BCUT2D eigenvalue weighted by molar-refractivity contribution is 6.33. The molecule has 2 aromatic rings. The predicted molar refractivity (Wildman–Crippen MR) is 92.7 cm³/mol. The Morgan fingerprint density at radius 3 is 2.48 bits per heavy atom. The number of methoxy groups -OCH3 is 2. The van der Waals surface area contributed by atoms with Crippen LogP contribution in [0.2, 0.25) is 5.02 Å². The number of halogens is 1. The van der Waals surface area contributed by atoms with Crippen LogP contribution in [-0.4, -0.2) is 26.2 Å². The molecule has 0 spiro atoms. The summed E-state index contributed by atoms with van der Waals surface area (Å²) >= 11 is 6.05. The van der Waals surface area contributed by atoms with E-state index in [4.69, 9.17) is 21.1 Å². The topological polar surface area (TPSA) is 59.6 Å². The van der Waals surface area contributed by atoms with E-state index in [1.165, 1.54) is 0 Å². The van der Waals surface area contributed by atoms with E-state index in [0.29, 0.717) is 27.9 Å². The Hall–Kier alpha value is -2.40. The fourth-order valence-electron chi connectivity index (χ4n) is 2.02. The summed E-state index contributed by atoms with van der Waals surface area (Å²) < 4.78 is 10.5. The summed E-state index contributed by atoms with van der Waals surface area (Å²) in [5.74, 6) is 1.08. The molecule has 0 aliphatic heterocycles. The minimum Gasteiger partial charge on any atom is -0.497 e. The third-order valence-corrected chi connectivity index (χ3v) is 3.64. The van der Waals surface area contributed by atoms with Gasteiger partial charge in [0.2, 0.25) is 5.91 Å². The molecule has 0 aromatic heterocycles. The van der Waals surface area contributed by atoms with Crippen molar-refractivity contribution in [1.29, 1.82) is 0 Å². The Morgan fingerprint density at radius 2 is 1.83 bits per heavy atom. The molecule has 1 unspecified atom stereocenters. The molecule has 23 heavy (non-hydrogen) atoms. The van der Waals surface area contributed by atoms with E-state index in [9.17, 15) is 4.79 Å². The fourth-order valence-corrected chi connectivity index (χ4v) is 2.20. The molecule has 6 heteroatoms. The number of carbonyl (C=O) groups is 1. The second-order valence-corrected chi connectivity index (χ2v) is 5.31. The van der Waals surface area contributed by atoms with E-state index < -0.39 is 6.04 Å². The molecule has 2 N–H and O–H groups in total. The Balaban J connectivity index is 2.08. The Morgan fingerprint density at radius 1 is 1.09 bits per heavy atom. The van der Waals surface area contributed by atoms with Gasteiger partial charge in [-0.05, 0) is 31.2 Å². The zero-order chi connectivity index (χ0) is 16.8. The molecule has 0 bridgehead atoms. The number of ether oxygens (including phenoxy) is 2. The summed E-state index contributed by atoms with van der Waals surface area (Å²) in [5.41, 5.74) is 1.28. The van der Waals surface area contributed by atoms with Crippen LogP contribution in [0.5, 0.6) is 11.5 Å². The number of benzene rings is 2. The quantitative estimate of drug-likeness (QED) is 0.843. The number of carbonyl (C=O) groups excluding carboxylic acids is 1. The van der Waals surface area contributed by atoms with Crippen LogP contribution in [0.3, 0.4) is 0 Å². The number of amides is 1. The summed E-state index contributed by atoms with van der Waals surface area (Å²) in [6, 6.07) is 12.0. The van der Waals surface area contributed by atoms with Crippen molar-refractivity contribution in [2.24, 2.45) is 0 Å². The van der Waals surface area contributed by atoms with Crippen LogP contribution >= 0.6 is 11.6 Å². The summed E-state index contributed by atoms with van der Waals surface area (Å²) in [4.78, 5) is 12.3. The molecule has 5 nitrogen and oxygen atoms in total. The lowest BCUT2D eigenvalue weighted by molar-refractivity contribution is -0.116. The monoisotopic (exact) mass is 334 g/mol. The first-order chi connectivity index (χ1) is 11.0. The van der Waals surface area contributed by atoms with E-state index in [2.05, 4.69) is 10.6 Å². The highest BCUT2D eigenvalue weighted by Gasteiger charge is 2.16. The highest BCUT2D eigenvalue weighted by Crippen LogP contribution is 2.29. The Bertz CT molecular complexity index is 691. The average molecular weight is 335 g/mol. The molecule has 0 radical (unpaired) electrons. The molecule has 0 heterocycles. The van der Waals surface area contributed by atoms with E-state index in [-0.39, 0.29) is 5.91 Å². The summed E-state index contributed by atoms with van der Waals surface area (Å²) in [5, 5.41) is 6.40. The third-order valence-electron chi connectivity index (χ3n) is 3.31. The summed E-state index contributed by atoms with van der Waals surface area (Å²) in [7, 11) is 3.15. The van der Waals surface area contributed by atoms with Crippen LogP contribution in [0.4, 0.5) is 11.4 Å². The van der Waals surface area contributed by atoms with Gasteiger partial charge in [0.25, 0.3) is 0 Å². The minimum absolute atomic E-state index is 0.198. The van der Waals surface area contributed by atoms with Crippen LogP contribution in [-0.2, 0) is 4.79 Å². The number of nitrogens with one attached hydrogen (secondary N) is 2. The summed E-state index contributed by atoms with van der Waals surface area (Å²) in [6.07, 6.45) is 0. The van der Waals surface area contributed by atoms with Gasteiger partial charge in [0.1, 0.15) is 17.5 Å². The molecule has 0 aliphatic rings. The van der Waals surface area contributed by atoms with E-state index >= 15 is 0 Å². The lowest BCUT2D eigenvalue weighted by Gasteiger charge is -2.18. The van der Waals surface area contributed by atoms with Crippen molar-refractivity contribution in [2.75, 3.05) is 24.9 Å². The normalized spacial score (nSPS) is 11.5. The van der Waals surface area contributed by atoms with Crippen molar-refractivity contribution >= 4 is 28.9 Å². The Kier molecular flexibility index (Phi) is 5.71. The summed E-state index contributed by atoms with van der Waals surface area (Å²) in [6.45, 7) is 1.76. The predicted octanol–water partition coefficient (Wildman–Crippen LogP) is 3.80. The van der Waals surface area contributed by atoms with Crippen molar-refractivity contribution < 1.29 is 14.3 Å². The van der Waals surface area contributed by atoms with Crippen molar-refractivity contribution in [3.63, 3.8) is 0 Å². The van der Waals surface area contributed by atoms with Gasteiger partial charge in [-0.15, -0.1) is 0 Å². The average Bonchev–Trinajstić information content (AvgIpc) is 2.57. The molecular weight excluding hydrogens is 316 g/mol. The molecule has 0 fully saturated rings. The lowest BCUT2D eigenvalue weighted by atomic mass is 10.2. The van der Waals surface area contributed by atoms with E-state index in [1.807, 2.05) is 12.1 Å². The zero-order valence-corrected chi connectivity index (χ0v) is 14.0. The molecule has 2 rings (SSSR count). The molecule has 0 saturated carbocycles. The number of rotatable bonds is 6. The lowest BCUT2D eigenvalue weighted by Crippen LogP contribution is -2.32. The molecule has 1 amide bonds. The maximum atomic E-state index is 12.3. The SMILES string of the molecule is COc1ccc(NC(C)C(=O)Nc2ccccc2Cl)c(OC)c1. The molecule has 0 saturated heterocycles. The maximum Gasteiger partial charge on any atom is 0.246 e. The molecule has 2 aromatic carbocycles. The first kappa shape index (κ1) is 17.0. The van der Waals surface area contributed by atoms with Crippen molar-refractivity contribution in [1.82, 2.24) is 0 Å². The van der Waals surface area contributed by atoms with Gasteiger partial charge in [-0.1, -0.05) is 23.7 Å². The highest BCUT2D eigenvalue weighted by atomic mass is 35.5. The van der Waals surface area contributed by atoms with Crippen LogP contribution in [0, 0.1) is 0 Å². The van der Waals surface area contributed by atoms with Crippen LogP contribution in [0.15, 0.2) is 42.5 Å². The van der Waals surface area contributed by atoms with Crippen molar-refractivity contribution in [2.45, 2.75) is 13.0 Å². The van der Waals surface area contributed by atoms with Gasteiger partial charge in [-0.25, -0.2) is 0 Å². The van der Waals surface area contributed by atoms with Gasteiger partial charge in [0.05, 0.1) is 30.6 Å². The third kappa shape index (κ3) is 4.29. The van der Waals surface area contributed by atoms with Gasteiger partial charge in [0, 0.05) is 6.07 Å². The van der Waals surface area contributed by atoms with Crippen molar-refractivity contribution in [3.05, 3.63) is 47.5 Å². The van der Waals surface area contributed by atoms with Gasteiger partial charge < -0.3 is 20.1 Å². The smallest absolute Gasteiger partial charge is 0.246 e. The van der Waals surface area contributed by atoms with Crippen molar-refractivity contribution in [3.8, 4) is 11.5 Å². The first-order valence-corrected chi connectivity index (χ1v) is 7.47. The second kappa shape index (κ2) is 7.74. The van der Waals surface area contributed by atoms with Crippen LogP contribution in [0.25, 0.3) is 0 Å². The Labute approximate surface area is 140 Å². The van der Waals surface area contributed by atoms with Gasteiger partial charge in [-0.2, -0.15) is 0 Å². The number of hydrogen-bond donors (Lipinski definition) is 2.